The fraction of sp³-hybridized carbons (Fsp3) is 0.111. The molecule has 15 heavy (non-hydrogen) atoms. The van der Waals surface area contributed by atoms with Crippen molar-refractivity contribution in [2.75, 3.05) is 0 Å². The number of thiazole rings is 1. The Labute approximate surface area is 89.5 Å². The monoisotopic (exact) mass is 217 g/mol. The normalized spacial score (nSPS) is 11.0. The molecule has 0 aromatic carbocycles. The first-order chi connectivity index (χ1) is 7.36. The number of aromatic nitrogens is 5. The van der Waals surface area contributed by atoms with Gasteiger partial charge in [0.25, 0.3) is 0 Å². The molecule has 74 valence electrons. The molecule has 3 heterocycles. The van der Waals surface area contributed by atoms with Crippen LogP contribution in [-0.4, -0.2) is 24.6 Å². The zero-order chi connectivity index (χ0) is 10.3. The van der Waals surface area contributed by atoms with Gasteiger partial charge in [-0.05, 0) is 6.92 Å². The van der Waals surface area contributed by atoms with Crippen LogP contribution in [0.4, 0.5) is 0 Å². The van der Waals surface area contributed by atoms with E-state index in [2.05, 4.69) is 20.1 Å². The smallest absolute Gasteiger partial charge is 0.212 e. The Balaban J connectivity index is 2.27. The first-order valence-corrected chi connectivity index (χ1v) is 5.22. The molecule has 6 heteroatoms. The summed E-state index contributed by atoms with van der Waals surface area (Å²) in [6.07, 6.45) is 6.68. The molecule has 0 unspecified atom stereocenters. The van der Waals surface area contributed by atoms with Gasteiger partial charge in [0.1, 0.15) is 12.7 Å². The van der Waals surface area contributed by atoms with Gasteiger partial charge in [0.15, 0.2) is 0 Å². The van der Waals surface area contributed by atoms with Crippen LogP contribution in [0, 0.1) is 6.92 Å². The van der Waals surface area contributed by atoms with Crippen molar-refractivity contribution in [3.8, 4) is 10.4 Å². The number of hydrogen-bond acceptors (Lipinski definition) is 5. The Hall–Kier alpha value is -1.82. The van der Waals surface area contributed by atoms with E-state index in [1.165, 1.54) is 6.33 Å². The molecule has 0 fully saturated rings. The zero-order valence-corrected chi connectivity index (χ0v) is 8.77. The summed E-state index contributed by atoms with van der Waals surface area (Å²) in [7, 11) is 0. The number of rotatable bonds is 1. The van der Waals surface area contributed by atoms with Gasteiger partial charge < -0.3 is 0 Å². The van der Waals surface area contributed by atoms with Crippen molar-refractivity contribution in [2.24, 2.45) is 0 Å². The molecule has 0 amide bonds. The highest BCUT2D eigenvalue weighted by molar-refractivity contribution is 7.20. The van der Waals surface area contributed by atoms with E-state index < -0.39 is 0 Å². The lowest BCUT2D eigenvalue weighted by molar-refractivity contribution is 0.933. The SMILES string of the molecule is Cc1c(-c2cncnc2)sc2ncnn12. The molecule has 3 aromatic rings. The van der Waals surface area contributed by atoms with Crippen LogP contribution in [0.3, 0.4) is 0 Å². The molecule has 0 saturated carbocycles. The van der Waals surface area contributed by atoms with Crippen LogP contribution in [0.15, 0.2) is 25.0 Å². The maximum atomic E-state index is 4.16. The summed E-state index contributed by atoms with van der Waals surface area (Å²) < 4.78 is 1.83. The van der Waals surface area contributed by atoms with Crippen LogP contribution in [0.25, 0.3) is 15.4 Å². The minimum Gasteiger partial charge on any atom is -0.244 e. The first kappa shape index (κ1) is 8.49. The minimum absolute atomic E-state index is 0.895. The lowest BCUT2D eigenvalue weighted by Crippen LogP contribution is -1.88. The summed E-state index contributed by atoms with van der Waals surface area (Å²) in [6, 6.07) is 0. The zero-order valence-electron chi connectivity index (χ0n) is 7.95. The Morgan fingerprint density at radius 1 is 1.20 bits per heavy atom. The average Bonchev–Trinajstić information content (AvgIpc) is 2.83. The summed E-state index contributed by atoms with van der Waals surface area (Å²) in [5, 5.41) is 4.14. The van der Waals surface area contributed by atoms with Crippen LogP contribution < -0.4 is 0 Å². The van der Waals surface area contributed by atoms with E-state index in [0.717, 1.165) is 21.1 Å². The highest BCUT2D eigenvalue weighted by Crippen LogP contribution is 2.30. The maximum Gasteiger partial charge on any atom is 0.212 e. The Kier molecular flexibility index (Phi) is 1.75. The molecule has 3 aromatic heterocycles. The minimum atomic E-state index is 0.895. The van der Waals surface area contributed by atoms with Gasteiger partial charge in [-0.3, -0.25) is 0 Å². The number of nitrogens with zero attached hydrogens (tertiary/aromatic N) is 5. The van der Waals surface area contributed by atoms with E-state index in [4.69, 9.17) is 0 Å². The van der Waals surface area contributed by atoms with Crippen molar-refractivity contribution >= 4 is 16.3 Å². The summed E-state index contributed by atoms with van der Waals surface area (Å²) in [5.41, 5.74) is 2.08. The third-order valence-corrected chi connectivity index (χ3v) is 3.38. The lowest BCUT2D eigenvalue weighted by Gasteiger charge is -1.96. The van der Waals surface area contributed by atoms with Crippen molar-refractivity contribution < 1.29 is 0 Å². The molecular weight excluding hydrogens is 210 g/mol. The number of aryl methyl sites for hydroxylation is 1. The van der Waals surface area contributed by atoms with Gasteiger partial charge in [-0.2, -0.15) is 5.10 Å². The Morgan fingerprint density at radius 3 is 2.73 bits per heavy atom. The molecule has 3 rings (SSSR count). The second-order valence-corrected chi connectivity index (χ2v) is 4.08. The third-order valence-electron chi connectivity index (χ3n) is 2.18. The quantitative estimate of drug-likeness (QED) is 0.620. The molecule has 0 radical (unpaired) electrons. The van der Waals surface area contributed by atoms with Crippen molar-refractivity contribution in [3.05, 3.63) is 30.7 Å². The van der Waals surface area contributed by atoms with Gasteiger partial charge in [0.05, 0.1) is 10.6 Å². The summed E-state index contributed by atoms with van der Waals surface area (Å²) in [4.78, 5) is 14.2. The van der Waals surface area contributed by atoms with Crippen LogP contribution in [0.5, 0.6) is 0 Å². The van der Waals surface area contributed by atoms with Crippen molar-refractivity contribution in [1.82, 2.24) is 24.6 Å². The maximum absolute atomic E-state index is 4.16. The molecule has 0 saturated heterocycles. The predicted molar refractivity (Wildman–Crippen MR) is 56.6 cm³/mol. The molecule has 0 bridgehead atoms. The topological polar surface area (TPSA) is 56.0 Å². The molecule has 0 N–H and O–H groups in total. The van der Waals surface area contributed by atoms with Crippen LogP contribution in [-0.2, 0) is 0 Å². The van der Waals surface area contributed by atoms with E-state index in [1.807, 2.05) is 11.4 Å². The number of fused-ring (bicyclic) bond motifs is 1. The van der Waals surface area contributed by atoms with Crippen molar-refractivity contribution in [3.63, 3.8) is 0 Å². The van der Waals surface area contributed by atoms with Crippen molar-refractivity contribution in [1.29, 1.82) is 0 Å². The molecular formula is C9H7N5S. The second-order valence-electron chi connectivity index (χ2n) is 3.10. The average molecular weight is 217 g/mol. The van der Waals surface area contributed by atoms with Crippen LogP contribution >= 0.6 is 11.3 Å². The fourth-order valence-corrected chi connectivity index (χ4v) is 2.49. The fourth-order valence-electron chi connectivity index (χ4n) is 1.48. The standard InChI is InChI=1S/C9H7N5S/c1-6-8(7-2-10-4-11-3-7)15-9-12-5-13-14(6)9/h2-5H,1H3. The van der Waals surface area contributed by atoms with Gasteiger partial charge in [-0.25, -0.2) is 19.5 Å². The first-order valence-electron chi connectivity index (χ1n) is 4.41. The lowest BCUT2D eigenvalue weighted by atomic mass is 10.2. The summed E-state index contributed by atoms with van der Waals surface area (Å²) in [5.74, 6) is 0. The van der Waals surface area contributed by atoms with E-state index in [9.17, 15) is 0 Å². The van der Waals surface area contributed by atoms with Gasteiger partial charge in [0, 0.05) is 18.0 Å². The highest BCUT2D eigenvalue weighted by Gasteiger charge is 2.11. The van der Waals surface area contributed by atoms with E-state index in [-0.39, 0.29) is 0 Å². The second kappa shape index (κ2) is 3.09. The summed E-state index contributed by atoms with van der Waals surface area (Å²) >= 11 is 1.59. The molecule has 0 aliphatic heterocycles. The van der Waals surface area contributed by atoms with Gasteiger partial charge in [-0.15, -0.1) is 0 Å². The molecule has 0 aliphatic carbocycles. The van der Waals surface area contributed by atoms with E-state index >= 15 is 0 Å². The van der Waals surface area contributed by atoms with E-state index in [0.29, 0.717) is 0 Å². The molecule has 0 aliphatic rings. The van der Waals surface area contributed by atoms with Gasteiger partial charge >= 0.3 is 0 Å². The third kappa shape index (κ3) is 1.22. The van der Waals surface area contributed by atoms with Crippen LogP contribution in [0.2, 0.25) is 0 Å². The van der Waals surface area contributed by atoms with E-state index in [1.54, 1.807) is 30.1 Å². The van der Waals surface area contributed by atoms with Crippen LogP contribution in [0.1, 0.15) is 5.69 Å². The molecule has 0 atom stereocenters. The predicted octanol–water partition coefficient (Wildman–Crippen LogP) is 1.56. The van der Waals surface area contributed by atoms with Gasteiger partial charge in [-0.1, -0.05) is 11.3 Å². The van der Waals surface area contributed by atoms with Gasteiger partial charge in [0.2, 0.25) is 4.96 Å². The number of hydrogen-bond donors (Lipinski definition) is 0. The summed E-state index contributed by atoms with van der Waals surface area (Å²) in [6.45, 7) is 2.01. The highest BCUT2D eigenvalue weighted by atomic mass is 32.1. The Morgan fingerprint density at radius 2 is 2.00 bits per heavy atom. The van der Waals surface area contributed by atoms with Crippen molar-refractivity contribution in [2.45, 2.75) is 6.92 Å². The Bertz CT molecular complexity index is 597. The molecule has 5 nitrogen and oxygen atoms in total. The molecule has 0 spiro atoms. The largest absolute Gasteiger partial charge is 0.244 e.